The third kappa shape index (κ3) is 82.0. The van der Waals surface area contributed by atoms with E-state index in [1.165, 1.54) is 0 Å². The maximum absolute atomic E-state index is 0. The Labute approximate surface area is 44.8 Å². The fraction of sp³-hybridized carbons (Fsp3) is 0. The summed E-state index contributed by atoms with van der Waals surface area (Å²) >= 11 is 0. The quantitative estimate of drug-likeness (QED) is 0.430. The summed E-state index contributed by atoms with van der Waals surface area (Å²) in [5.41, 5.74) is 0. The molecule has 0 amide bonds. The molecule has 5 heavy (non-hydrogen) atoms. The van der Waals surface area contributed by atoms with Crippen molar-refractivity contribution in [3.63, 3.8) is 0 Å². The van der Waals surface area contributed by atoms with Gasteiger partial charge in [-0.1, -0.05) is 0 Å². The molecule has 0 rings (SSSR count). The van der Waals surface area contributed by atoms with Crippen LogP contribution in [-0.4, -0.2) is 17.6 Å². The Morgan fingerprint density at radius 1 is 0.600 bits per heavy atom. The van der Waals surface area contributed by atoms with Crippen LogP contribution in [0.2, 0.25) is 0 Å². The summed E-state index contributed by atoms with van der Waals surface area (Å²) in [5.74, 6) is 0. The number of rotatable bonds is 0. The van der Waals surface area contributed by atoms with Crippen LogP contribution in [-0.2, 0) is 0 Å². The minimum absolute atomic E-state index is 0. The normalized spacial score (nSPS) is 0. The minimum atomic E-state index is 0. The second-order valence-electron chi connectivity index (χ2n) is 0. The van der Waals surface area contributed by atoms with Crippen LogP contribution < -0.4 is 0 Å². The average molecular weight is 173 g/mol. The molecule has 0 heterocycles. The Morgan fingerprint density at radius 3 is 0.600 bits per heavy atom. The summed E-state index contributed by atoms with van der Waals surface area (Å²) in [4.78, 5) is 0. The standard InChI is InChI=1S/ClH.3FH.GeH4/h4*1H;1H4. The third-order valence-corrected chi connectivity index (χ3v) is 0. The van der Waals surface area contributed by atoms with Gasteiger partial charge in [-0.15, -0.1) is 12.4 Å². The zero-order valence-corrected chi connectivity index (χ0v) is 2.45. The molecule has 0 unspecified atom stereocenters. The van der Waals surface area contributed by atoms with E-state index >= 15 is 0 Å². The zero-order valence-electron chi connectivity index (χ0n) is 1.63. The van der Waals surface area contributed by atoms with E-state index in [1.807, 2.05) is 0 Å². The van der Waals surface area contributed by atoms with Gasteiger partial charge in [0.1, 0.15) is 0 Å². The summed E-state index contributed by atoms with van der Waals surface area (Å²) in [7, 11) is 0. The predicted molar refractivity (Wildman–Crippen MR) is 26.1 cm³/mol. The van der Waals surface area contributed by atoms with Crippen LogP contribution in [0.4, 0.5) is 14.1 Å². The van der Waals surface area contributed by atoms with Crippen molar-refractivity contribution in [3.8, 4) is 0 Å². The third-order valence-electron chi connectivity index (χ3n) is 0. The summed E-state index contributed by atoms with van der Waals surface area (Å²) < 4.78 is 0. The van der Waals surface area contributed by atoms with E-state index in [0.717, 1.165) is 0 Å². The van der Waals surface area contributed by atoms with Crippen LogP contribution in [0.1, 0.15) is 0 Å². The van der Waals surface area contributed by atoms with Crippen molar-refractivity contribution in [2.75, 3.05) is 0 Å². The van der Waals surface area contributed by atoms with Crippen molar-refractivity contribution in [3.05, 3.63) is 0 Å². The fourth-order valence-electron chi connectivity index (χ4n) is 0. The molecule has 0 aromatic heterocycles. The Hall–Kier alpha value is 0.623. The maximum atomic E-state index is 0. The van der Waals surface area contributed by atoms with Crippen molar-refractivity contribution in [2.24, 2.45) is 0 Å². The predicted octanol–water partition coefficient (Wildman–Crippen LogP) is -0.572. The molecule has 0 bridgehead atoms. The Bertz CT molecular complexity index is 6.85. The van der Waals surface area contributed by atoms with E-state index < -0.39 is 0 Å². The zero-order chi connectivity index (χ0) is 0. The van der Waals surface area contributed by atoms with Crippen molar-refractivity contribution in [1.29, 1.82) is 0 Å². The summed E-state index contributed by atoms with van der Waals surface area (Å²) in [6.45, 7) is 0. The first-order valence-corrected chi connectivity index (χ1v) is 0. The molecule has 0 spiro atoms. The molecule has 0 fully saturated rings. The number of hydrogen-bond acceptors (Lipinski definition) is 0. The van der Waals surface area contributed by atoms with E-state index in [2.05, 4.69) is 0 Å². The summed E-state index contributed by atoms with van der Waals surface area (Å²) in [5, 5.41) is 0. The van der Waals surface area contributed by atoms with Crippen LogP contribution in [0.5, 0.6) is 0 Å². The molecule has 40 valence electrons. The van der Waals surface area contributed by atoms with Crippen LogP contribution in [0.25, 0.3) is 0 Å². The van der Waals surface area contributed by atoms with Gasteiger partial charge in [-0.2, -0.15) is 0 Å². The van der Waals surface area contributed by atoms with Gasteiger partial charge in [-0.25, -0.2) is 0 Å². The molecule has 0 saturated heterocycles. The molecule has 0 aromatic rings. The van der Waals surface area contributed by atoms with Crippen molar-refractivity contribution in [2.45, 2.75) is 0 Å². The van der Waals surface area contributed by atoms with Crippen LogP contribution >= 0.6 is 12.4 Å². The van der Waals surface area contributed by atoms with Crippen molar-refractivity contribution in [1.82, 2.24) is 0 Å². The van der Waals surface area contributed by atoms with E-state index in [-0.39, 0.29) is 44.1 Å². The van der Waals surface area contributed by atoms with Gasteiger partial charge < -0.3 is 0 Å². The second kappa shape index (κ2) is 156. The molecule has 0 aliphatic rings. The molecule has 0 aliphatic carbocycles. The Morgan fingerprint density at radius 2 is 0.600 bits per heavy atom. The fourth-order valence-corrected chi connectivity index (χ4v) is 0. The molecule has 5 heteroatoms. The molecular weight excluding hydrogens is 165 g/mol. The average Bonchev–Trinajstić information content (AvgIpc) is 0. The molecule has 0 radical (unpaired) electrons. The molecule has 0 aromatic carbocycles. The Balaban J connectivity index is 0. The van der Waals surface area contributed by atoms with Gasteiger partial charge >= 0.3 is 17.6 Å². The molecule has 0 atom stereocenters. The van der Waals surface area contributed by atoms with Gasteiger partial charge in [0, 0.05) is 0 Å². The Kier molecular flexibility index (Phi) is 9690. The van der Waals surface area contributed by atoms with Crippen LogP contribution in [0.15, 0.2) is 0 Å². The van der Waals surface area contributed by atoms with E-state index in [4.69, 9.17) is 0 Å². The van der Waals surface area contributed by atoms with Crippen LogP contribution in [0, 0.1) is 0 Å². The van der Waals surface area contributed by atoms with Gasteiger partial charge in [0.05, 0.1) is 0 Å². The van der Waals surface area contributed by atoms with Crippen molar-refractivity contribution >= 4 is 30.0 Å². The first-order chi connectivity index (χ1) is 0. The number of hydrogen-bond donors (Lipinski definition) is 0. The molecule has 0 saturated carbocycles. The molecule has 0 nitrogen and oxygen atoms in total. The summed E-state index contributed by atoms with van der Waals surface area (Å²) in [6, 6.07) is 0. The van der Waals surface area contributed by atoms with Gasteiger partial charge in [-0.05, 0) is 0 Å². The topological polar surface area (TPSA) is 0 Å². The van der Waals surface area contributed by atoms with Gasteiger partial charge in [0.25, 0.3) is 0 Å². The molecule has 0 N–H and O–H groups in total. The summed E-state index contributed by atoms with van der Waals surface area (Å²) in [6.07, 6.45) is 0. The molecule has 0 aliphatic heterocycles. The van der Waals surface area contributed by atoms with Gasteiger partial charge in [0.2, 0.25) is 0 Å². The second-order valence-corrected chi connectivity index (χ2v) is 0. The molecular formula is H8ClF3Ge. The number of halogens is 4. The van der Waals surface area contributed by atoms with Crippen LogP contribution in [0.3, 0.4) is 0 Å². The van der Waals surface area contributed by atoms with E-state index in [1.54, 1.807) is 0 Å². The van der Waals surface area contributed by atoms with Gasteiger partial charge in [0.15, 0.2) is 0 Å². The first-order valence-electron chi connectivity index (χ1n) is 0. The van der Waals surface area contributed by atoms with Gasteiger partial charge in [-0.3, -0.25) is 14.1 Å². The monoisotopic (exact) mass is 174 g/mol. The van der Waals surface area contributed by atoms with Crippen molar-refractivity contribution < 1.29 is 14.1 Å². The first kappa shape index (κ1) is 310. The van der Waals surface area contributed by atoms with E-state index in [9.17, 15) is 0 Å². The van der Waals surface area contributed by atoms with E-state index in [0.29, 0.717) is 0 Å². The SMILES string of the molecule is Cl.F.F.F.[GeH4].